The molecule has 0 aliphatic carbocycles. The summed E-state index contributed by atoms with van der Waals surface area (Å²) in [7, 11) is -1.96. The Labute approximate surface area is 145 Å². The first-order valence-electron chi connectivity index (χ1n) is 7.78. The van der Waals surface area contributed by atoms with Crippen molar-refractivity contribution in [2.45, 2.75) is 31.2 Å². The van der Waals surface area contributed by atoms with Crippen molar-refractivity contribution in [2.24, 2.45) is 0 Å². The minimum absolute atomic E-state index is 0.113. The first-order valence-corrected chi connectivity index (χ1v) is 10.1. The van der Waals surface area contributed by atoms with Crippen LogP contribution in [0.1, 0.15) is 34.0 Å². The molecule has 0 spiro atoms. The van der Waals surface area contributed by atoms with E-state index >= 15 is 0 Å². The van der Waals surface area contributed by atoms with Gasteiger partial charge in [-0.3, -0.25) is 4.79 Å². The zero-order valence-electron chi connectivity index (χ0n) is 13.7. The third kappa shape index (κ3) is 3.26. The van der Waals surface area contributed by atoms with Crippen molar-refractivity contribution < 1.29 is 17.6 Å². The summed E-state index contributed by atoms with van der Waals surface area (Å²) in [6, 6.07) is 5.17. The minimum atomic E-state index is -3.60. The van der Waals surface area contributed by atoms with E-state index in [0.29, 0.717) is 25.4 Å². The molecule has 1 saturated heterocycles. The predicted octanol–water partition coefficient (Wildman–Crippen LogP) is 2.71. The van der Waals surface area contributed by atoms with Crippen LogP contribution in [0.2, 0.25) is 0 Å². The molecule has 1 fully saturated rings. The van der Waals surface area contributed by atoms with Crippen LogP contribution < -0.4 is 0 Å². The maximum atomic E-state index is 12.7. The van der Waals surface area contributed by atoms with Crippen LogP contribution in [-0.2, 0) is 16.6 Å². The van der Waals surface area contributed by atoms with E-state index in [1.807, 2.05) is 19.1 Å². The number of sulfonamides is 1. The van der Waals surface area contributed by atoms with Crippen molar-refractivity contribution in [1.29, 1.82) is 0 Å². The van der Waals surface area contributed by atoms with Gasteiger partial charge in [-0.1, -0.05) is 0 Å². The Balaban J connectivity index is 1.82. The Morgan fingerprint density at radius 3 is 2.62 bits per heavy atom. The fourth-order valence-corrected chi connectivity index (χ4v) is 5.68. The van der Waals surface area contributed by atoms with E-state index in [4.69, 9.17) is 4.42 Å². The second-order valence-corrected chi connectivity index (χ2v) is 8.72. The molecule has 0 bridgehead atoms. The van der Waals surface area contributed by atoms with Crippen LogP contribution in [0.3, 0.4) is 0 Å². The van der Waals surface area contributed by atoms with E-state index in [2.05, 4.69) is 0 Å². The fraction of sp³-hybridized carbons (Fsp3) is 0.438. The molecular weight excluding hydrogens is 348 g/mol. The van der Waals surface area contributed by atoms with Crippen LogP contribution in [0.5, 0.6) is 0 Å². The molecule has 24 heavy (non-hydrogen) atoms. The average molecular weight is 368 g/mol. The Morgan fingerprint density at radius 1 is 1.29 bits per heavy atom. The molecule has 0 saturated carbocycles. The number of carbonyl (C=O) groups is 1. The molecule has 3 rings (SSSR count). The van der Waals surface area contributed by atoms with E-state index in [1.54, 1.807) is 12.4 Å². The molecular formula is C16H20N2O4S2. The molecule has 8 heteroatoms. The van der Waals surface area contributed by atoms with Gasteiger partial charge in [0.1, 0.15) is 21.3 Å². The van der Waals surface area contributed by atoms with Crippen molar-refractivity contribution in [1.82, 2.24) is 9.21 Å². The van der Waals surface area contributed by atoms with Gasteiger partial charge >= 0.3 is 0 Å². The molecule has 0 aromatic carbocycles. The minimum Gasteiger partial charge on any atom is -0.464 e. The Kier molecular flexibility index (Phi) is 4.80. The average Bonchev–Trinajstić information content (AvgIpc) is 3.28. The second-order valence-electron chi connectivity index (χ2n) is 5.90. The quantitative estimate of drug-likeness (QED) is 0.813. The summed E-state index contributed by atoms with van der Waals surface area (Å²) in [4.78, 5) is 14.6. The summed E-state index contributed by atoms with van der Waals surface area (Å²) in [5, 5.41) is 1.65. The van der Waals surface area contributed by atoms with Gasteiger partial charge in [0.2, 0.25) is 10.0 Å². The summed E-state index contributed by atoms with van der Waals surface area (Å²) < 4.78 is 32.4. The molecule has 130 valence electrons. The van der Waals surface area contributed by atoms with E-state index in [0.717, 1.165) is 29.9 Å². The molecule has 1 amide bonds. The lowest BCUT2D eigenvalue weighted by atomic mass is 10.3. The normalized spacial score (nSPS) is 15.8. The van der Waals surface area contributed by atoms with Gasteiger partial charge in [-0.2, -0.15) is 4.31 Å². The molecule has 3 heterocycles. The number of thiophene rings is 1. The largest absolute Gasteiger partial charge is 0.464 e. The van der Waals surface area contributed by atoms with E-state index in [-0.39, 0.29) is 15.7 Å². The van der Waals surface area contributed by atoms with Crippen LogP contribution in [0.25, 0.3) is 0 Å². The van der Waals surface area contributed by atoms with Gasteiger partial charge in [0.25, 0.3) is 5.91 Å². The van der Waals surface area contributed by atoms with Crippen LogP contribution in [-0.4, -0.2) is 43.7 Å². The van der Waals surface area contributed by atoms with Gasteiger partial charge in [-0.15, -0.1) is 11.3 Å². The lowest BCUT2D eigenvalue weighted by Gasteiger charge is -2.18. The van der Waals surface area contributed by atoms with Gasteiger partial charge < -0.3 is 9.32 Å². The summed E-state index contributed by atoms with van der Waals surface area (Å²) in [5.41, 5.74) is 0. The number of nitrogens with zero attached hydrogens (tertiary/aromatic N) is 2. The maximum absolute atomic E-state index is 12.7. The van der Waals surface area contributed by atoms with Crippen molar-refractivity contribution in [3.8, 4) is 0 Å². The zero-order chi connectivity index (χ0) is 17.3. The van der Waals surface area contributed by atoms with Gasteiger partial charge in [0.15, 0.2) is 0 Å². The molecule has 2 aromatic heterocycles. The van der Waals surface area contributed by atoms with Crippen molar-refractivity contribution in [2.75, 3.05) is 20.1 Å². The highest BCUT2D eigenvalue weighted by atomic mass is 32.2. The van der Waals surface area contributed by atoms with E-state index in [1.165, 1.54) is 15.3 Å². The molecule has 1 aliphatic rings. The monoisotopic (exact) mass is 368 g/mol. The number of aryl methyl sites for hydroxylation is 1. The van der Waals surface area contributed by atoms with Gasteiger partial charge in [0, 0.05) is 20.1 Å². The lowest BCUT2D eigenvalue weighted by molar-refractivity contribution is 0.0776. The number of carbonyl (C=O) groups excluding carboxylic acids is 1. The highest BCUT2D eigenvalue weighted by Crippen LogP contribution is 2.28. The number of rotatable bonds is 5. The third-order valence-corrected chi connectivity index (χ3v) is 7.01. The Hall–Kier alpha value is -1.64. The summed E-state index contributed by atoms with van der Waals surface area (Å²) in [6.07, 6.45) is 1.73. The highest BCUT2D eigenvalue weighted by Gasteiger charge is 2.32. The number of hydrogen-bond donors (Lipinski definition) is 0. The fourth-order valence-electron chi connectivity index (χ4n) is 2.77. The highest BCUT2D eigenvalue weighted by molar-refractivity contribution is 7.89. The molecule has 0 atom stereocenters. The third-order valence-electron chi connectivity index (χ3n) is 4.04. The Morgan fingerprint density at radius 2 is 2.00 bits per heavy atom. The zero-order valence-corrected chi connectivity index (χ0v) is 15.3. The van der Waals surface area contributed by atoms with Crippen LogP contribution in [0.4, 0.5) is 0 Å². The van der Waals surface area contributed by atoms with E-state index in [9.17, 15) is 13.2 Å². The van der Waals surface area contributed by atoms with Crippen molar-refractivity contribution >= 4 is 27.3 Å². The van der Waals surface area contributed by atoms with Gasteiger partial charge in [-0.25, -0.2) is 8.42 Å². The first kappa shape index (κ1) is 17.2. The van der Waals surface area contributed by atoms with Crippen LogP contribution >= 0.6 is 11.3 Å². The maximum Gasteiger partial charge on any atom is 0.265 e. The second kappa shape index (κ2) is 6.70. The predicted molar refractivity (Wildman–Crippen MR) is 91.6 cm³/mol. The lowest BCUT2D eigenvalue weighted by Crippen LogP contribution is -2.31. The number of hydrogen-bond acceptors (Lipinski definition) is 5. The SMILES string of the molecule is Cc1ccc(CN(C)C(=O)c2sccc2S(=O)(=O)N2CCCC2)o1. The van der Waals surface area contributed by atoms with Crippen molar-refractivity contribution in [3.63, 3.8) is 0 Å². The number of furan rings is 1. The van der Waals surface area contributed by atoms with Crippen molar-refractivity contribution in [3.05, 3.63) is 40.0 Å². The first-order chi connectivity index (χ1) is 11.4. The van der Waals surface area contributed by atoms with Crippen LogP contribution in [0, 0.1) is 6.92 Å². The molecule has 2 aromatic rings. The number of amides is 1. The molecule has 0 unspecified atom stereocenters. The molecule has 1 aliphatic heterocycles. The summed E-state index contributed by atoms with van der Waals surface area (Å²) >= 11 is 1.16. The molecule has 0 radical (unpaired) electrons. The standard InChI is InChI=1S/C16H20N2O4S2/c1-12-5-6-13(22-12)11-17(2)16(19)15-14(7-10-23-15)24(20,21)18-8-3-4-9-18/h5-7,10H,3-4,8-9,11H2,1-2H3. The van der Waals surface area contributed by atoms with E-state index < -0.39 is 10.0 Å². The van der Waals surface area contributed by atoms with Crippen LogP contribution in [0.15, 0.2) is 32.9 Å². The molecule has 0 N–H and O–H groups in total. The smallest absolute Gasteiger partial charge is 0.265 e. The van der Waals surface area contributed by atoms with Gasteiger partial charge in [0.05, 0.1) is 6.54 Å². The van der Waals surface area contributed by atoms with Gasteiger partial charge in [-0.05, 0) is 43.3 Å². The molecule has 6 nitrogen and oxygen atoms in total. The Bertz CT molecular complexity index is 832. The topological polar surface area (TPSA) is 70.8 Å². The summed E-state index contributed by atoms with van der Waals surface area (Å²) in [6.45, 7) is 3.18. The summed E-state index contributed by atoms with van der Waals surface area (Å²) in [5.74, 6) is 1.14.